The van der Waals surface area contributed by atoms with Gasteiger partial charge in [-0.25, -0.2) is 8.78 Å². The van der Waals surface area contributed by atoms with Crippen LogP contribution in [0.5, 0.6) is 0 Å². The number of benzene rings is 1. The summed E-state index contributed by atoms with van der Waals surface area (Å²) in [6.45, 7) is 3.41. The first-order valence-electron chi connectivity index (χ1n) is 5.70. The molecular weight excluding hydrogens is 224 g/mol. The molecule has 2 N–H and O–H groups in total. The quantitative estimate of drug-likeness (QED) is 0.805. The van der Waals surface area contributed by atoms with Gasteiger partial charge in [0.15, 0.2) is 17.4 Å². The van der Waals surface area contributed by atoms with E-state index < -0.39 is 17.4 Å². The molecule has 0 saturated carbocycles. The van der Waals surface area contributed by atoms with E-state index in [2.05, 4.69) is 0 Å². The smallest absolute Gasteiger partial charge is 0.169 e. The molecule has 0 heterocycles. The summed E-state index contributed by atoms with van der Waals surface area (Å²) in [6.07, 6.45) is 1.61. The maximum absolute atomic E-state index is 13.5. The Bertz CT molecular complexity index is 418. The number of rotatable bonds is 5. The molecule has 4 heteroatoms. The SMILES string of the molecule is CCCC(N)CC(=O)c1ccc(C)c(F)c1F. The zero-order valence-electron chi connectivity index (χ0n) is 10.1. The van der Waals surface area contributed by atoms with Crippen LogP contribution in [0.25, 0.3) is 0 Å². The van der Waals surface area contributed by atoms with Crippen molar-refractivity contribution in [3.8, 4) is 0 Å². The van der Waals surface area contributed by atoms with E-state index in [4.69, 9.17) is 5.73 Å². The summed E-state index contributed by atoms with van der Waals surface area (Å²) in [7, 11) is 0. The van der Waals surface area contributed by atoms with Gasteiger partial charge in [0.2, 0.25) is 0 Å². The van der Waals surface area contributed by atoms with Crippen molar-refractivity contribution < 1.29 is 13.6 Å². The molecule has 0 aliphatic carbocycles. The van der Waals surface area contributed by atoms with Gasteiger partial charge in [-0.1, -0.05) is 19.4 Å². The van der Waals surface area contributed by atoms with E-state index >= 15 is 0 Å². The van der Waals surface area contributed by atoms with Crippen molar-refractivity contribution in [2.45, 2.75) is 39.2 Å². The topological polar surface area (TPSA) is 43.1 Å². The minimum Gasteiger partial charge on any atom is -0.327 e. The molecule has 0 amide bonds. The molecule has 0 fully saturated rings. The highest BCUT2D eigenvalue weighted by Crippen LogP contribution is 2.18. The van der Waals surface area contributed by atoms with Crippen molar-refractivity contribution in [3.63, 3.8) is 0 Å². The lowest BCUT2D eigenvalue weighted by atomic mass is 10.00. The van der Waals surface area contributed by atoms with Crippen LogP contribution in [0.2, 0.25) is 0 Å². The maximum atomic E-state index is 13.5. The van der Waals surface area contributed by atoms with E-state index in [9.17, 15) is 13.6 Å². The third-order valence-electron chi connectivity index (χ3n) is 2.68. The van der Waals surface area contributed by atoms with Gasteiger partial charge in [-0.05, 0) is 25.0 Å². The second-order valence-electron chi connectivity index (χ2n) is 4.23. The first-order valence-corrected chi connectivity index (χ1v) is 5.70. The first-order chi connectivity index (χ1) is 7.97. The summed E-state index contributed by atoms with van der Waals surface area (Å²) >= 11 is 0. The summed E-state index contributed by atoms with van der Waals surface area (Å²) in [4.78, 5) is 11.7. The van der Waals surface area contributed by atoms with Crippen LogP contribution in [-0.2, 0) is 0 Å². The lowest BCUT2D eigenvalue weighted by Crippen LogP contribution is -2.24. The van der Waals surface area contributed by atoms with Gasteiger partial charge >= 0.3 is 0 Å². The summed E-state index contributed by atoms with van der Waals surface area (Å²) in [5.74, 6) is -2.47. The highest BCUT2D eigenvalue weighted by Gasteiger charge is 2.18. The zero-order chi connectivity index (χ0) is 13.0. The Labute approximate surface area is 99.8 Å². The second-order valence-corrected chi connectivity index (χ2v) is 4.23. The molecule has 1 aromatic rings. The van der Waals surface area contributed by atoms with Crippen molar-refractivity contribution in [1.29, 1.82) is 0 Å². The van der Waals surface area contributed by atoms with Gasteiger partial charge < -0.3 is 5.73 Å². The minimum absolute atomic E-state index is 0.0489. The number of hydrogen-bond donors (Lipinski definition) is 1. The van der Waals surface area contributed by atoms with E-state index in [0.29, 0.717) is 6.42 Å². The van der Waals surface area contributed by atoms with Crippen molar-refractivity contribution in [3.05, 3.63) is 34.9 Å². The van der Waals surface area contributed by atoms with Crippen molar-refractivity contribution in [2.24, 2.45) is 5.73 Å². The monoisotopic (exact) mass is 241 g/mol. The molecule has 94 valence electrons. The highest BCUT2D eigenvalue weighted by molar-refractivity contribution is 5.96. The van der Waals surface area contributed by atoms with E-state index in [1.54, 1.807) is 0 Å². The fourth-order valence-electron chi connectivity index (χ4n) is 1.68. The molecule has 1 unspecified atom stereocenters. The predicted molar refractivity (Wildman–Crippen MR) is 62.9 cm³/mol. The van der Waals surface area contributed by atoms with Crippen molar-refractivity contribution >= 4 is 5.78 Å². The molecule has 0 spiro atoms. The summed E-state index contributed by atoms with van der Waals surface area (Å²) in [6, 6.07) is 2.42. The van der Waals surface area contributed by atoms with Crippen LogP contribution in [0.1, 0.15) is 42.1 Å². The lowest BCUT2D eigenvalue weighted by Gasteiger charge is -2.10. The van der Waals surface area contributed by atoms with Gasteiger partial charge in [0.1, 0.15) is 0 Å². The Hall–Kier alpha value is -1.29. The van der Waals surface area contributed by atoms with Gasteiger partial charge in [-0.15, -0.1) is 0 Å². The second kappa shape index (κ2) is 5.87. The van der Waals surface area contributed by atoms with E-state index in [-0.39, 0.29) is 23.6 Å². The summed E-state index contributed by atoms with van der Waals surface area (Å²) < 4.78 is 26.8. The molecular formula is C13H17F2NO. The number of ketones is 1. The Kier molecular flexibility index (Phi) is 4.75. The predicted octanol–water partition coefficient (Wildman–Crippen LogP) is 2.97. The fourth-order valence-corrected chi connectivity index (χ4v) is 1.68. The summed E-state index contributed by atoms with van der Waals surface area (Å²) in [5, 5.41) is 0. The van der Waals surface area contributed by atoms with Crippen LogP contribution in [0, 0.1) is 18.6 Å². The van der Waals surface area contributed by atoms with Crippen LogP contribution in [0.4, 0.5) is 8.78 Å². The number of nitrogens with two attached hydrogens (primary N) is 1. The Morgan fingerprint density at radius 1 is 1.35 bits per heavy atom. The number of aryl methyl sites for hydroxylation is 1. The van der Waals surface area contributed by atoms with Crippen LogP contribution in [-0.4, -0.2) is 11.8 Å². The third kappa shape index (κ3) is 3.33. The molecule has 2 nitrogen and oxygen atoms in total. The Morgan fingerprint density at radius 3 is 2.59 bits per heavy atom. The van der Waals surface area contributed by atoms with Crippen LogP contribution in [0.15, 0.2) is 12.1 Å². The fraction of sp³-hybridized carbons (Fsp3) is 0.462. The van der Waals surface area contributed by atoms with Gasteiger partial charge in [-0.2, -0.15) is 0 Å². The molecule has 1 atom stereocenters. The van der Waals surface area contributed by atoms with Gasteiger partial charge in [0, 0.05) is 12.5 Å². The van der Waals surface area contributed by atoms with Crippen LogP contribution in [0.3, 0.4) is 0 Å². The van der Waals surface area contributed by atoms with Gasteiger partial charge in [-0.3, -0.25) is 4.79 Å². The normalized spacial score (nSPS) is 12.5. The maximum Gasteiger partial charge on any atom is 0.169 e. The molecule has 1 rings (SSSR count). The van der Waals surface area contributed by atoms with Crippen LogP contribution < -0.4 is 5.73 Å². The molecule has 0 aliphatic rings. The average molecular weight is 241 g/mol. The molecule has 0 radical (unpaired) electrons. The third-order valence-corrected chi connectivity index (χ3v) is 2.68. The zero-order valence-corrected chi connectivity index (χ0v) is 10.1. The molecule has 0 aromatic heterocycles. The standard InChI is InChI=1S/C13H17F2NO/c1-3-4-9(16)7-11(17)10-6-5-8(2)12(14)13(10)15/h5-6,9H,3-4,7,16H2,1-2H3. The molecule has 0 bridgehead atoms. The largest absolute Gasteiger partial charge is 0.327 e. The Balaban J connectivity index is 2.86. The average Bonchev–Trinajstić information content (AvgIpc) is 2.26. The molecule has 0 saturated heterocycles. The van der Waals surface area contributed by atoms with E-state index in [1.165, 1.54) is 19.1 Å². The molecule has 0 aliphatic heterocycles. The van der Waals surface area contributed by atoms with E-state index in [0.717, 1.165) is 6.42 Å². The van der Waals surface area contributed by atoms with Crippen molar-refractivity contribution in [1.82, 2.24) is 0 Å². The number of hydrogen-bond acceptors (Lipinski definition) is 2. The van der Waals surface area contributed by atoms with Crippen LogP contribution >= 0.6 is 0 Å². The summed E-state index contributed by atoms with van der Waals surface area (Å²) in [5.41, 5.74) is 5.69. The highest BCUT2D eigenvalue weighted by atomic mass is 19.2. The van der Waals surface area contributed by atoms with Gasteiger partial charge in [0.25, 0.3) is 0 Å². The number of carbonyl (C=O) groups excluding carboxylic acids is 1. The molecule has 1 aromatic carbocycles. The molecule has 17 heavy (non-hydrogen) atoms. The first kappa shape index (κ1) is 13.8. The van der Waals surface area contributed by atoms with Gasteiger partial charge in [0.05, 0.1) is 5.56 Å². The minimum atomic E-state index is -1.07. The number of halogens is 2. The Morgan fingerprint density at radius 2 is 2.00 bits per heavy atom. The number of carbonyl (C=O) groups is 1. The van der Waals surface area contributed by atoms with E-state index in [1.807, 2.05) is 6.92 Å². The number of Topliss-reactive ketones (excluding diaryl/α,β-unsaturated/α-hetero) is 1. The van der Waals surface area contributed by atoms with Crippen molar-refractivity contribution in [2.75, 3.05) is 0 Å². The lowest BCUT2D eigenvalue weighted by molar-refractivity contribution is 0.0968.